The van der Waals surface area contributed by atoms with Crippen molar-refractivity contribution >= 4 is 28.7 Å². The Morgan fingerprint density at radius 3 is 2.96 bits per heavy atom. The summed E-state index contributed by atoms with van der Waals surface area (Å²) in [7, 11) is 1.59. The molecule has 1 aromatic heterocycles. The molecular weight excluding hydrogens is 366 g/mol. The highest BCUT2D eigenvalue weighted by atomic mass is 32.1. The Balaban J connectivity index is 2.04. The number of hydrazone groups is 1. The fourth-order valence-corrected chi connectivity index (χ4v) is 2.76. The van der Waals surface area contributed by atoms with Crippen molar-refractivity contribution < 1.29 is 19.0 Å². The highest BCUT2D eigenvalue weighted by Crippen LogP contribution is 2.30. The van der Waals surface area contributed by atoms with Gasteiger partial charge in [-0.25, -0.2) is 4.98 Å². The quantitative estimate of drug-likeness (QED) is 0.289. The van der Waals surface area contributed by atoms with Crippen LogP contribution in [-0.2, 0) is 16.0 Å². The molecule has 27 heavy (non-hydrogen) atoms. The summed E-state index contributed by atoms with van der Waals surface area (Å²) in [6.45, 7) is 8.24. The zero-order chi connectivity index (χ0) is 19.6. The summed E-state index contributed by atoms with van der Waals surface area (Å²) in [6, 6.07) is 5.55. The zero-order valence-electron chi connectivity index (χ0n) is 15.7. The van der Waals surface area contributed by atoms with Gasteiger partial charge in [-0.15, -0.1) is 11.3 Å². The number of nitrogens with one attached hydrogen (secondary N) is 1. The van der Waals surface area contributed by atoms with E-state index in [9.17, 15) is 4.79 Å². The minimum atomic E-state index is -0.298. The van der Waals surface area contributed by atoms with Gasteiger partial charge in [0.15, 0.2) is 11.5 Å². The van der Waals surface area contributed by atoms with E-state index in [1.54, 1.807) is 25.6 Å². The van der Waals surface area contributed by atoms with E-state index in [0.717, 1.165) is 11.1 Å². The first-order valence-electron chi connectivity index (χ1n) is 8.36. The van der Waals surface area contributed by atoms with Gasteiger partial charge in [-0.3, -0.25) is 10.2 Å². The van der Waals surface area contributed by atoms with Crippen LogP contribution in [0, 0.1) is 0 Å². The first-order valence-corrected chi connectivity index (χ1v) is 9.24. The van der Waals surface area contributed by atoms with Gasteiger partial charge in [0.2, 0.25) is 5.13 Å². The molecule has 0 radical (unpaired) electrons. The zero-order valence-corrected chi connectivity index (χ0v) is 16.5. The van der Waals surface area contributed by atoms with E-state index < -0.39 is 0 Å². The third-order valence-corrected chi connectivity index (χ3v) is 4.03. The molecule has 7 nitrogen and oxygen atoms in total. The van der Waals surface area contributed by atoms with Crippen molar-refractivity contribution in [3.63, 3.8) is 0 Å². The topological polar surface area (TPSA) is 82.0 Å². The molecule has 0 atom stereocenters. The standard InChI is InChI=1S/C19H23N3O4S/c1-5-25-17(23)9-15-12-27-19(21-15)22-20-10-14-7-6-8-16(24-4)18(14)26-11-13(2)3/h6-8,10,12H,2,5,9,11H2,1,3-4H3,(H,21,22). The lowest BCUT2D eigenvalue weighted by Crippen LogP contribution is -2.07. The number of carbonyl (C=O) groups excluding carboxylic acids is 1. The van der Waals surface area contributed by atoms with Gasteiger partial charge in [0.25, 0.3) is 0 Å². The molecule has 0 aliphatic carbocycles. The summed E-state index contributed by atoms with van der Waals surface area (Å²) in [5, 5.41) is 6.58. The molecule has 0 aliphatic heterocycles. The summed E-state index contributed by atoms with van der Waals surface area (Å²) in [6.07, 6.45) is 1.77. The highest BCUT2D eigenvalue weighted by Gasteiger charge is 2.10. The van der Waals surface area contributed by atoms with Gasteiger partial charge in [-0.05, 0) is 31.6 Å². The fraction of sp³-hybridized carbons (Fsp3) is 0.316. The van der Waals surface area contributed by atoms with Crippen LogP contribution in [0.2, 0.25) is 0 Å². The smallest absolute Gasteiger partial charge is 0.311 e. The number of methoxy groups -OCH3 is 1. The van der Waals surface area contributed by atoms with Crippen molar-refractivity contribution in [2.24, 2.45) is 5.10 Å². The number of esters is 1. The van der Waals surface area contributed by atoms with Gasteiger partial charge in [0.05, 0.1) is 32.0 Å². The Kier molecular flexibility index (Phi) is 7.81. The number of ether oxygens (including phenoxy) is 3. The van der Waals surface area contributed by atoms with Gasteiger partial charge in [0.1, 0.15) is 6.61 Å². The lowest BCUT2D eigenvalue weighted by atomic mass is 10.2. The monoisotopic (exact) mass is 389 g/mol. The molecule has 0 amide bonds. The van der Waals surface area contributed by atoms with E-state index in [4.69, 9.17) is 14.2 Å². The van der Waals surface area contributed by atoms with Crippen LogP contribution >= 0.6 is 11.3 Å². The Hall–Kier alpha value is -2.87. The van der Waals surface area contributed by atoms with Crippen LogP contribution in [0.1, 0.15) is 25.1 Å². The molecule has 0 saturated carbocycles. The number of rotatable bonds is 10. The second-order valence-corrected chi connectivity index (χ2v) is 6.48. The number of hydrogen-bond donors (Lipinski definition) is 1. The van der Waals surface area contributed by atoms with Gasteiger partial charge in [-0.2, -0.15) is 5.10 Å². The summed E-state index contributed by atoms with van der Waals surface area (Å²) >= 11 is 1.36. The second kappa shape index (κ2) is 10.3. The Bertz CT molecular complexity index is 817. The number of para-hydroxylation sites is 1. The molecular formula is C19H23N3O4S. The van der Waals surface area contributed by atoms with Crippen molar-refractivity contribution in [3.05, 3.63) is 47.0 Å². The summed E-state index contributed by atoms with van der Waals surface area (Å²) < 4.78 is 16.1. The van der Waals surface area contributed by atoms with Gasteiger partial charge < -0.3 is 14.2 Å². The normalized spacial score (nSPS) is 10.6. The van der Waals surface area contributed by atoms with Crippen LogP contribution in [0.5, 0.6) is 11.5 Å². The van der Waals surface area contributed by atoms with E-state index >= 15 is 0 Å². The minimum absolute atomic E-state index is 0.143. The lowest BCUT2D eigenvalue weighted by molar-refractivity contribution is -0.142. The number of nitrogens with zero attached hydrogens (tertiary/aromatic N) is 2. The molecule has 8 heteroatoms. The lowest BCUT2D eigenvalue weighted by Gasteiger charge is -2.12. The maximum absolute atomic E-state index is 11.5. The average Bonchev–Trinajstić information content (AvgIpc) is 3.07. The molecule has 0 spiro atoms. The van der Waals surface area contributed by atoms with Crippen LogP contribution in [0.4, 0.5) is 5.13 Å². The molecule has 0 unspecified atom stereocenters. The Morgan fingerprint density at radius 1 is 1.44 bits per heavy atom. The average molecular weight is 389 g/mol. The third kappa shape index (κ3) is 6.41. The van der Waals surface area contributed by atoms with E-state index in [2.05, 4.69) is 22.1 Å². The molecule has 144 valence electrons. The number of hydrogen-bond acceptors (Lipinski definition) is 8. The summed E-state index contributed by atoms with van der Waals surface area (Å²) in [5.74, 6) is 0.912. The number of benzene rings is 1. The molecule has 0 bridgehead atoms. The SMILES string of the molecule is C=C(C)COc1c(C=NNc2nc(CC(=O)OCC)cs2)cccc1OC. The number of thiazole rings is 1. The maximum Gasteiger partial charge on any atom is 0.311 e. The predicted molar refractivity (Wildman–Crippen MR) is 107 cm³/mol. The van der Waals surface area contributed by atoms with Gasteiger partial charge in [-0.1, -0.05) is 12.6 Å². The first-order chi connectivity index (χ1) is 13.0. The number of aromatic nitrogens is 1. The molecule has 1 N–H and O–H groups in total. The third-order valence-electron chi connectivity index (χ3n) is 3.24. The van der Waals surface area contributed by atoms with Crippen molar-refractivity contribution in [1.29, 1.82) is 0 Å². The van der Waals surface area contributed by atoms with E-state index in [0.29, 0.717) is 35.5 Å². The molecule has 2 aromatic rings. The molecule has 2 rings (SSSR count). The molecule has 1 aromatic carbocycles. The second-order valence-electron chi connectivity index (χ2n) is 5.62. The fourth-order valence-electron chi connectivity index (χ4n) is 2.10. The first kappa shape index (κ1) is 20.4. The van der Waals surface area contributed by atoms with E-state index in [1.807, 2.05) is 25.1 Å². The van der Waals surface area contributed by atoms with Gasteiger partial charge in [0, 0.05) is 10.9 Å². The molecule has 0 aliphatic rings. The summed E-state index contributed by atoms with van der Waals surface area (Å²) in [4.78, 5) is 15.8. The Morgan fingerprint density at radius 2 is 2.26 bits per heavy atom. The highest BCUT2D eigenvalue weighted by molar-refractivity contribution is 7.13. The van der Waals surface area contributed by atoms with Crippen LogP contribution in [0.15, 0.2) is 40.8 Å². The maximum atomic E-state index is 11.5. The molecule has 1 heterocycles. The van der Waals surface area contributed by atoms with E-state index in [-0.39, 0.29) is 12.4 Å². The van der Waals surface area contributed by atoms with Crippen molar-refractivity contribution in [2.45, 2.75) is 20.3 Å². The molecule has 0 saturated heterocycles. The van der Waals surface area contributed by atoms with Crippen molar-refractivity contribution in [3.8, 4) is 11.5 Å². The predicted octanol–water partition coefficient (Wildman–Crippen LogP) is 3.66. The van der Waals surface area contributed by atoms with Crippen molar-refractivity contribution in [2.75, 3.05) is 25.7 Å². The molecule has 0 fully saturated rings. The minimum Gasteiger partial charge on any atom is -0.493 e. The van der Waals surface area contributed by atoms with Crippen LogP contribution < -0.4 is 14.9 Å². The number of carbonyl (C=O) groups is 1. The van der Waals surface area contributed by atoms with Crippen LogP contribution in [0.3, 0.4) is 0 Å². The van der Waals surface area contributed by atoms with Crippen LogP contribution in [0.25, 0.3) is 0 Å². The van der Waals surface area contributed by atoms with Gasteiger partial charge >= 0.3 is 5.97 Å². The Labute approximate surface area is 162 Å². The van der Waals surface area contributed by atoms with Crippen LogP contribution in [-0.4, -0.2) is 37.5 Å². The van der Waals surface area contributed by atoms with E-state index in [1.165, 1.54) is 11.3 Å². The summed E-state index contributed by atoms with van der Waals surface area (Å²) in [5.41, 5.74) is 5.16. The number of anilines is 1. The van der Waals surface area contributed by atoms with Crippen molar-refractivity contribution in [1.82, 2.24) is 4.98 Å². The largest absolute Gasteiger partial charge is 0.493 e.